The summed E-state index contributed by atoms with van der Waals surface area (Å²) in [7, 11) is 0. The highest BCUT2D eigenvalue weighted by Gasteiger charge is 1.84. The van der Waals surface area contributed by atoms with Crippen molar-refractivity contribution in [3.05, 3.63) is 23.9 Å². The molecule has 0 aliphatic heterocycles. The Balaban J connectivity index is 3.80. The summed E-state index contributed by atoms with van der Waals surface area (Å²) in [6.45, 7) is 7.62. The Labute approximate surface area is 50.9 Å². The molecule has 0 saturated carbocycles. The molecule has 0 radical (unpaired) electrons. The average Bonchev–Trinajstić information content (AvgIpc) is 1.67. The third-order valence-electron chi connectivity index (χ3n) is 1.02. The van der Waals surface area contributed by atoms with Gasteiger partial charge in [0.05, 0.1) is 0 Å². The Morgan fingerprint density at radius 1 is 1.75 bits per heavy atom. The van der Waals surface area contributed by atoms with Crippen LogP contribution < -0.4 is 5.73 Å². The number of rotatable bonds is 2. The molecule has 0 aliphatic carbocycles. The van der Waals surface area contributed by atoms with Gasteiger partial charge in [0.15, 0.2) is 0 Å². The number of allylic oxidation sites excluding steroid dienone is 2. The molecule has 0 saturated heterocycles. The maximum atomic E-state index is 5.36. The van der Waals surface area contributed by atoms with Gasteiger partial charge in [-0.2, -0.15) is 0 Å². The van der Waals surface area contributed by atoms with Crippen LogP contribution in [0.3, 0.4) is 0 Å². The predicted molar refractivity (Wildman–Crippen MR) is 37.4 cm³/mol. The lowest BCUT2D eigenvalue weighted by Crippen LogP contribution is -1.94. The smallest absolute Gasteiger partial charge is 0.0267 e. The lowest BCUT2D eigenvalue weighted by atomic mass is 10.2. The molecular weight excluding hydrogens is 98.1 g/mol. The number of hydrogen-bond donors (Lipinski definition) is 1. The topological polar surface area (TPSA) is 26.0 Å². The van der Waals surface area contributed by atoms with Crippen LogP contribution in [0.25, 0.3) is 0 Å². The van der Waals surface area contributed by atoms with E-state index in [0.717, 1.165) is 12.0 Å². The first kappa shape index (κ1) is 7.28. The van der Waals surface area contributed by atoms with Gasteiger partial charge in [-0.3, -0.25) is 0 Å². The summed E-state index contributed by atoms with van der Waals surface area (Å²) in [5.74, 6) is 0. The van der Waals surface area contributed by atoms with Gasteiger partial charge in [0.25, 0.3) is 0 Å². The van der Waals surface area contributed by atoms with Crippen LogP contribution in [0.4, 0.5) is 0 Å². The minimum absolute atomic E-state index is 0.673. The van der Waals surface area contributed by atoms with Gasteiger partial charge in [0, 0.05) is 5.70 Å². The molecule has 0 aliphatic rings. The average molecular weight is 111 g/mol. The predicted octanol–water partition coefficient (Wildman–Crippen LogP) is 1.82. The van der Waals surface area contributed by atoms with E-state index >= 15 is 0 Å². The van der Waals surface area contributed by atoms with E-state index in [4.69, 9.17) is 5.73 Å². The van der Waals surface area contributed by atoms with Gasteiger partial charge < -0.3 is 5.73 Å². The second-order valence-electron chi connectivity index (χ2n) is 1.82. The Bertz CT molecular complexity index is 112. The fourth-order valence-corrected chi connectivity index (χ4v) is 0.437. The van der Waals surface area contributed by atoms with Crippen molar-refractivity contribution in [2.75, 3.05) is 0 Å². The highest BCUT2D eigenvalue weighted by Crippen LogP contribution is 1.99. The summed E-state index contributed by atoms with van der Waals surface area (Å²) < 4.78 is 0. The molecule has 0 aromatic carbocycles. The van der Waals surface area contributed by atoms with Gasteiger partial charge in [-0.15, -0.1) is 0 Å². The fourth-order valence-electron chi connectivity index (χ4n) is 0.437. The van der Waals surface area contributed by atoms with Crippen molar-refractivity contribution in [1.82, 2.24) is 0 Å². The molecule has 2 N–H and O–H groups in total. The van der Waals surface area contributed by atoms with Gasteiger partial charge >= 0.3 is 0 Å². The lowest BCUT2D eigenvalue weighted by molar-refractivity contribution is 1.17. The third kappa shape index (κ3) is 2.45. The minimum atomic E-state index is 0.673. The van der Waals surface area contributed by atoms with Crippen LogP contribution in [0.15, 0.2) is 23.9 Å². The third-order valence-corrected chi connectivity index (χ3v) is 1.02. The summed E-state index contributed by atoms with van der Waals surface area (Å²) >= 11 is 0. The summed E-state index contributed by atoms with van der Waals surface area (Å²) in [6, 6.07) is 0. The second kappa shape index (κ2) is 3.30. The maximum Gasteiger partial charge on any atom is 0.0267 e. The molecule has 0 amide bonds. The SMILES string of the molecule is C=C(N)/C(C)=C\CC. The maximum absolute atomic E-state index is 5.36. The van der Waals surface area contributed by atoms with Crippen LogP contribution in [0.1, 0.15) is 20.3 Å². The molecule has 0 aromatic heterocycles. The van der Waals surface area contributed by atoms with Crippen LogP contribution in [0, 0.1) is 0 Å². The lowest BCUT2D eigenvalue weighted by Gasteiger charge is -1.94. The highest BCUT2D eigenvalue weighted by atomic mass is 14.6. The Kier molecular flexibility index (Phi) is 3.01. The van der Waals surface area contributed by atoms with E-state index in [9.17, 15) is 0 Å². The van der Waals surface area contributed by atoms with Crippen molar-refractivity contribution in [2.24, 2.45) is 5.73 Å². The van der Waals surface area contributed by atoms with Crippen LogP contribution in [0.2, 0.25) is 0 Å². The van der Waals surface area contributed by atoms with Crippen LogP contribution in [-0.2, 0) is 0 Å². The minimum Gasteiger partial charge on any atom is -0.399 e. The highest BCUT2D eigenvalue weighted by molar-refractivity contribution is 5.22. The van der Waals surface area contributed by atoms with Crippen LogP contribution in [0.5, 0.6) is 0 Å². The van der Waals surface area contributed by atoms with Gasteiger partial charge in [0.1, 0.15) is 0 Å². The number of hydrogen-bond acceptors (Lipinski definition) is 1. The van der Waals surface area contributed by atoms with E-state index < -0.39 is 0 Å². The molecule has 0 heterocycles. The Hall–Kier alpha value is -0.720. The molecule has 1 heteroatoms. The van der Waals surface area contributed by atoms with Crippen molar-refractivity contribution in [3.8, 4) is 0 Å². The van der Waals surface area contributed by atoms with Gasteiger partial charge in [0.2, 0.25) is 0 Å². The van der Waals surface area contributed by atoms with Crippen molar-refractivity contribution in [1.29, 1.82) is 0 Å². The van der Waals surface area contributed by atoms with E-state index in [-0.39, 0.29) is 0 Å². The molecule has 0 unspecified atom stereocenters. The summed E-state index contributed by atoms with van der Waals surface area (Å²) in [4.78, 5) is 0. The summed E-state index contributed by atoms with van der Waals surface area (Å²) in [5, 5.41) is 0. The zero-order valence-corrected chi connectivity index (χ0v) is 5.57. The molecular formula is C7H13N. The monoisotopic (exact) mass is 111 g/mol. The van der Waals surface area contributed by atoms with Crippen LogP contribution in [-0.4, -0.2) is 0 Å². The molecule has 0 spiro atoms. The van der Waals surface area contributed by atoms with E-state index in [2.05, 4.69) is 19.6 Å². The van der Waals surface area contributed by atoms with E-state index in [1.54, 1.807) is 0 Å². The Morgan fingerprint density at radius 3 is 2.38 bits per heavy atom. The standard InChI is InChI=1S/C7H13N/c1-4-5-6(2)7(3)8/h5H,3-4,8H2,1-2H3/b6-5-. The largest absolute Gasteiger partial charge is 0.399 e. The second-order valence-corrected chi connectivity index (χ2v) is 1.82. The molecule has 46 valence electrons. The summed E-state index contributed by atoms with van der Waals surface area (Å²) in [6.07, 6.45) is 3.09. The summed E-state index contributed by atoms with van der Waals surface area (Å²) in [5.41, 5.74) is 7.12. The zero-order chi connectivity index (χ0) is 6.57. The van der Waals surface area contributed by atoms with Gasteiger partial charge in [-0.25, -0.2) is 0 Å². The van der Waals surface area contributed by atoms with E-state index in [1.807, 2.05) is 6.92 Å². The number of nitrogens with two attached hydrogens (primary N) is 1. The van der Waals surface area contributed by atoms with Gasteiger partial charge in [-0.05, 0) is 18.9 Å². The molecule has 1 nitrogen and oxygen atoms in total. The first-order valence-corrected chi connectivity index (χ1v) is 2.80. The van der Waals surface area contributed by atoms with E-state index in [0.29, 0.717) is 5.70 Å². The molecule has 0 atom stereocenters. The first-order valence-electron chi connectivity index (χ1n) is 2.80. The molecule has 0 rings (SSSR count). The van der Waals surface area contributed by atoms with Crippen molar-refractivity contribution in [3.63, 3.8) is 0 Å². The molecule has 0 aromatic rings. The van der Waals surface area contributed by atoms with Crippen molar-refractivity contribution >= 4 is 0 Å². The normalized spacial score (nSPS) is 11.5. The Morgan fingerprint density at radius 2 is 2.25 bits per heavy atom. The molecule has 8 heavy (non-hydrogen) atoms. The van der Waals surface area contributed by atoms with Crippen molar-refractivity contribution < 1.29 is 0 Å². The zero-order valence-electron chi connectivity index (χ0n) is 5.57. The van der Waals surface area contributed by atoms with Crippen molar-refractivity contribution in [2.45, 2.75) is 20.3 Å². The van der Waals surface area contributed by atoms with E-state index in [1.165, 1.54) is 0 Å². The van der Waals surface area contributed by atoms with Crippen LogP contribution >= 0.6 is 0 Å². The molecule has 0 bridgehead atoms. The quantitative estimate of drug-likeness (QED) is 0.540. The fraction of sp³-hybridized carbons (Fsp3) is 0.429. The molecule has 0 fully saturated rings. The van der Waals surface area contributed by atoms with Gasteiger partial charge in [-0.1, -0.05) is 19.6 Å². The first-order chi connectivity index (χ1) is 3.68.